The summed E-state index contributed by atoms with van der Waals surface area (Å²) >= 11 is 1.38. The lowest BCUT2D eigenvalue weighted by atomic mass is 10.0. The van der Waals surface area contributed by atoms with Gasteiger partial charge in [0.2, 0.25) is 11.1 Å². The number of ether oxygens (including phenoxy) is 1. The Bertz CT molecular complexity index is 969. The van der Waals surface area contributed by atoms with Crippen LogP contribution in [0.25, 0.3) is 5.69 Å². The predicted octanol–water partition coefficient (Wildman–Crippen LogP) is 3.48. The van der Waals surface area contributed by atoms with Crippen LogP contribution in [-0.4, -0.2) is 57.3 Å². The van der Waals surface area contributed by atoms with Crippen LogP contribution in [0.1, 0.15) is 36.1 Å². The molecule has 4 rings (SSSR count). The van der Waals surface area contributed by atoms with E-state index in [2.05, 4.69) is 41.5 Å². The van der Waals surface area contributed by atoms with Crippen LogP contribution in [0.15, 0.2) is 59.8 Å². The van der Waals surface area contributed by atoms with E-state index in [1.807, 2.05) is 47.4 Å². The van der Waals surface area contributed by atoms with Gasteiger partial charge in [0.05, 0.1) is 18.9 Å². The number of aromatic nitrogens is 4. The first-order valence-corrected chi connectivity index (χ1v) is 11.0. The van der Waals surface area contributed by atoms with Crippen molar-refractivity contribution < 1.29 is 9.53 Å². The summed E-state index contributed by atoms with van der Waals surface area (Å²) in [5.41, 5.74) is 3.06. The molecule has 156 valence electrons. The topological polar surface area (TPSA) is 73.1 Å². The Labute approximate surface area is 180 Å². The first-order chi connectivity index (χ1) is 14.6. The summed E-state index contributed by atoms with van der Waals surface area (Å²) in [4.78, 5) is 15.2. The fraction of sp³-hybridized carbons (Fsp3) is 0.364. The average molecular weight is 424 g/mol. The Morgan fingerprint density at radius 3 is 2.37 bits per heavy atom. The molecular weight excluding hydrogens is 398 g/mol. The largest absolute Gasteiger partial charge is 0.378 e. The van der Waals surface area contributed by atoms with Crippen molar-refractivity contribution in [2.24, 2.45) is 0 Å². The van der Waals surface area contributed by atoms with Gasteiger partial charge in [-0.25, -0.2) is 0 Å². The van der Waals surface area contributed by atoms with E-state index in [1.54, 1.807) is 4.68 Å². The fourth-order valence-corrected chi connectivity index (χ4v) is 4.44. The number of morpholine rings is 1. The number of hydrogen-bond acceptors (Lipinski definition) is 6. The molecule has 1 amide bonds. The van der Waals surface area contributed by atoms with E-state index in [1.165, 1.54) is 17.3 Å². The summed E-state index contributed by atoms with van der Waals surface area (Å²) in [7, 11) is 0. The zero-order valence-corrected chi connectivity index (χ0v) is 18.0. The van der Waals surface area contributed by atoms with Gasteiger partial charge in [-0.2, -0.15) is 4.68 Å². The highest BCUT2D eigenvalue weighted by Crippen LogP contribution is 2.36. The smallest absolute Gasteiger partial charge is 0.240 e. The van der Waals surface area contributed by atoms with E-state index >= 15 is 0 Å². The number of benzene rings is 2. The zero-order valence-electron chi connectivity index (χ0n) is 17.1. The van der Waals surface area contributed by atoms with E-state index in [9.17, 15) is 4.79 Å². The highest BCUT2D eigenvalue weighted by molar-refractivity contribution is 8.00. The molecule has 0 N–H and O–H groups in total. The van der Waals surface area contributed by atoms with Gasteiger partial charge < -0.3 is 9.64 Å². The van der Waals surface area contributed by atoms with Gasteiger partial charge in [0.1, 0.15) is 5.25 Å². The number of carbonyl (C=O) groups is 1. The minimum Gasteiger partial charge on any atom is -0.378 e. The normalized spacial score (nSPS) is 15.4. The molecule has 1 atom stereocenters. The number of rotatable bonds is 6. The second-order valence-corrected chi connectivity index (χ2v) is 8.54. The van der Waals surface area contributed by atoms with Crippen LogP contribution in [0.4, 0.5) is 0 Å². The molecule has 1 fully saturated rings. The number of thioether (sulfide) groups is 1. The molecule has 8 heteroatoms. The maximum absolute atomic E-state index is 13.4. The van der Waals surface area contributed by atoms with E-state index in [0.29, 0.717) is 37.4 Å². The van der Waals surface area contributed by atoms with Gasteiger partial charge in [-0.1, -0.05) is 68.1 Å². The summed E-state index contributed by atoms with van der Waals surface area (Å²) in [6.07, 6.45) is 0. The molecule has 2 heterocycles. The molecule has 30 heavy (non-hydrogen) atoms. The van der Waals surface area contributed by atoms with Crippen molar-refractivity contribution in [3.8, 4) is 5.69 Å². The number of nitrogens with zero attached hydrogens (tertiary/aromatic N) is 5. The van der Waals surface area contributed by atoms with Gasteiger partial charge in [-0.3, -0.25) is 4.79 Å². The quantitative estimate of drug-likeness (QED) is 0.565. The van der Waals surface area contributed by atoms with Crippen molar-refractivity contribution >= 4 is 17.7 Å². The van der Waals surface area contributed by atoms with E-state index in [4.69, 9.17) is 4.74 Å². The molecule has 1 unspecified atom stereocenters. The van der Waals surface area contributed by atoms with Crippen LogP contribution < -0.4 is 0 Å². The first kappa shape index (κ1) is 20.6. The maximum atomic E-state index is 13.4. The molecule has 1 saturated heterocycles. The Balaban J connectivity index is 1.62. The minimum atomic E-state index is -0.427. The second-order valence-electron chi connectivity index (χ2n) is 7.47. The Morgan fingerprint density at radius 2 is 1.70 bits per heavy atom. The molecule has 1 aromatic heterocycles. The molecular formula is C22H25N5O2S. The van der Waals surface area contributed by atoms with Crippen LogP contribution in [-0.2, 0) is 9.53 Å². The van der Waals surface area contributed by atoms with Gasteiger partial charge in [-0.15, -0.1) is 5.10 Å². The Kier molecular flexibility index (Phi) is 6.44. The van der Waals surface area contributed by atoms with Crippen molar-refractivity contribution in [3.63, 3.8) is 0 Å². The van der Waals surface area contributed by atoms with E-state index in [-0.39, 0.29) is 5.91 Å². The van der Waals surface area contributed by atoms with Crippen LogP contribution in [0, 0.1) is 0 Å². The predicted molar refractivity (Wildman–Crippen MR) is 116 cm³/mol. The summed E-state index contributed by atoms with van der Waals surface area (Å²) in [5.74, 6) is 0.509. The first-order valence-electron chi connectivity index (χ1n) is 10.1. The standard InChI is InChI=1S/C22H25N5O2S/c1-16(2)17-8-10-19(11-9-17)27-22(23-24-25-27)30-20(18-6-4-3-5-7-18)21(28)26-12-14-29-15-13-26/h3-11,16,20H,12-15H2,1-2H3. The fourth-order valence-electron chi connectivity index (χ4n) is 3.36. The lowest BCUT2D eigenvalue weighted by molar-refractivity contribution is -0.134. The lowest BCUT2D eigenvalue weighted by Gasteiger charge is -2.30. The SMILES string of the molecule is CC(C)c1ccc(-n2nnnc2SC(C(=O)N2CCOCC2)c2ccccc2)cc1. The third-order valence-electron chi connectivity index (χ3n) is 5.12. The summed E-state index contributed by atoms with van der Waals surface area (Å²) < 4.78 is 7.10. The highest BCUT2D eigenvalue weighted by atomic mass is 32.2. The highest BCUT2D eigenvalue weighted by Gasteiger charge is 2.30. The van der Waals surface area contributed by atoms with Gasteiger partial charge in [-0.05, 0) is 39.6 Å². The Hall–Kier alpha value is -2.71. The van der Waals surface area contributed by atoms with Crippen LogP contribution in [0.2, 0.25) is 0 Å². The molecule has 7 nitrogen and oxygen atoms in total. The summed E-state index contributed by atoms with van der Waals surface area (Å²) in [6.45, 7) is 6.66. The van der Waals surface area contributed by atoms with Crippen molar-refractivity contribution in [2.45, 2.75) is 30.2 Å². The molecule has 0 bridgehead atoms. The van der Waals surface area contributed by atoms with Gasteiger partial charge >= 0.3 is 0 Å². The zero-order chi connectivity index (χ0) is 20.9. The van der Waals surface area contributed by atoms with E-state index < -0.39 is 5.25 Å². The second kappa shape index (κ2) is 9.40. The number of amides is 1. The van der Waals surface area contributed by atoms with Crippen LogP contribution in [0.3, 0.4) is 0 Å². The molecule has 1 aliphatic heterocycles. The van der Waals surface area contributed by atoms with Crippen LogP contribution >= 0.6 is 11.8 Å². The van der Waals surface area contributed by atoms with Gasteiger partial charge in [0.15, 0.2) is 0 Å². The van der Waals surface area contributed by atoms with Crippen molar-refractivity contribution in [1.29, 1.82) is 0 Å². The molecule has 1 aliphatic rings. The maximum Gasteiger partial charge on any atom is 0.240 e. The molecule has 2 aromatic carbocycles. The lowest BCUT2D eigenvalue weighted by Crippen LogP contribution is -2.42. The summed E-state index contributed by atoms with van der Waals surface area (Å²) in [5, 5.41) is 12.4. The molecule has 0 saturated carbocycles. The molecule has 0 radical (unpaired) electrons. The monoisotopic (exact) mass is 423 g/mol. The third-order valence-corrected chi connectivity index (χ3v) is 6.29. The molecule has 0 spiro atoms. The number of carbonyl (C=O) groups excluding carboxylic acids is 1. The third kappa shape index (κ3) is 4.55. The average Bonchev–Trinajstić information content (AvgIpc) is 3.26. The van der Waals surface area contributed by atoms with Crippen molar-refractivity contribution in [3.05, 3.63) is 65.7 Å². The van der Waals surface area contributed by atoms with E-state index in [0.717, 1.165) is 11.3 Å². The molecule has 3 aromatic rings. The number of tetrazole rings is 1. The van der Waals surface area contributed by atoms with Crippen LogP contribution in [0.5, 0.6) is 0 Å². The van der Waals surface area contributed by atoms with Crippen molar-refractivity contribution in [1.82, 2.24) is 25.1 Å². The van der Waals surface area contributed by atoms with Crippen molar-refractivity contribution in [2.75, 3.05) is 26.3 Å². The summed E-state index contributed by atoms with van der Waals surface area (Å²) in [6, 6.07) is 18.0. The van der Waals surface area contributed by atoms with Gasteiger partial charge in [0.25, 0.3) is 0 Å². The molecule has 0 aliphatic carbocycles. The minimum absolute atomic E-state index is 0.0548. The van der Waals surface area contributed by atoms with Gasteiger partial charge in [0, 0.05) is 13.1 Å². The Morgan fingerprint density at radius 1 is 1.00 bits per heavy atom. The number of hydrogen-bond donors (Lipinski definition) is 0.